The van der Waals surface area contributed by atoms with Gasteiger partial charge in [-0.2, -0.15) is 0 Å². The minimum absolute atomic E-state index is 0.0235. The van der Waals surface area contributed by atoms with Crippen molar-refractivity contribution >= 4 is 17.0 Å². The van der Waals surface area contributed by atoms with Crippen molar-refractivity contribution in [3.05, 3.63) is 77.0 Å². The Bertz CT molecular complexity index is 795. The molecule has 0 atom stereocenters. The molecule has 2 heteroatoms. The van der Waals surface area contributed by atoms with E-state index >= 15 is 0 Å². The molecule has 1 aromatic heterocycles. The standard InChI is InChI=1S/C17H12O2/c1-2-12-7-9-13(10-8-12)17-11-15(18)14-5-3-4-6-16(14)19-17/h2-11H,1H2. The van der Waals surface area contributed by atoms with E-state index in [2.05, 4.69) is 6.58 Å². The number of benzene rings is 2. The summed E-state index contributed by atoms with van der Waals surface area (Å²) < 4.78 is 5.78. The summed E-state index contributed by atoms with van der Waals surface area (Å²) in [5.74, 6) is 0.583. The third-order valence-corrected chi connectivity index (χ3v) is 3.07. The van der Waals surface area contributed by atoms with Crippen LogP contribution in [0.2, 0.25) is 0 Å². The lowest BCUT2D eigenvalue weighted by Gasteiger charge is -2.03. The molecule has 0 saturated heterocycles. The summed E-state index contributed by atoms with van der Waals surface area (Å²) in [4.78, 5) is 12.0. The van der Waals surface area contributed by atoms with Crippen LogP contribution in [0.15, 0.2) is 70.4 Å². The zero-order valence-corrected chi connectivity index (χ0v) is 10.3. The van der Waals surface area contributed by atoms with Gasteiger partial charge < -0.3 is 4.42 Å². The first kappa shape index (κ1) is 11.5. The Labute approximate surface area is 110 Å². The molecule has 0 aliphatic rings. The van der Waals surface area contributed by atoms with Crippen LogP contribution in [-0.4, -0.2) is 0 Å². The summed E-state index contributed by atoms with van der Waals surface area (Å²) in [6.45, 7) is 3.71. The fourth-order valence-electron chi connectivity index (χ4n) is 2.03. The maximum atomic E-state index is 12.0. The lowest BCUT2D eigenvalue weighted by atomic mass is 10.1. The summed E-state index contributed by atoms with van der Waals surface area (Å²) in [6.07, 6.45) is 1.78. The molecule has 0 radical (unpaired) electrons. The molecule has 0 unspecified atom stereocenters. The Balaban J connectivity index is 2.19. The summed E-state index contributed by atoms with van der Waals surface area (Å²) in [7, 11) is 0. The smallest absolute Gasteiger partial charge is 0.193 e. The normalized spacial score (nSPS) is 10.5. The monoisotopic (exact) mass is 248 g/mol. The maximum Gasteiger partial charge on any atom is 0.193 e. The van der Waals surface area contributed by atoms with Crippen molar-refractivity contribution in [2.24, 2.45) is 0 Å². The minimum Gasteiger partial charge on any atom is -0.456 e. The Kier molecular flexibility index (Phi) is 2.76. The molecular weight excluding hydrogens is 236 g/mol. The van der Waals surface area contributed by atoms with E-state index in [-0.39, 0.29) is 5.43 Å². The van der Waals surface area contributed by atoms with Gasteiger partial charge in [-0.1, -0.05) is 49.1 Å². The van der Waals surface area contributed by atoms with Gasteiger partial charge in [-0.3, -0.25) is 4.79 Å². The Hall–Kier alpha value is -2.61. The number of rotatable bonds is 2. The number of hydrogen-bond donors (Lipinski definition) is 0. The van der Waals surface area contributed by atoms with Crippen LogP contribution in [0.1, 0.15) is 5.56 Å². The van der Waals surface area contributed by atoms with Crippen molar-refractivity contribution in [3.8, 4) is 11.3 Å². The van der Waals surface area contributed by atoms with Gasteiger partial charge >= 0.3 is 0 Å². The second kappa shape index (κ2) is 4.58. The first-order valence-electron chi connectivity index (χ1n) is 6.04. The van der Waals surface area contributed by atoms with E-state index in [9.17, 15) is 4.79 Å². The van der Waals surface area contributed by atoms with Gasteiger partial charge in [-0.05, 0) is 17.7 Å². The van der Waals surface area contributed by atoms with Crippen LogP contribution in [0.5, 0.6) is 0 Å². The van der Waals surface area contributed by atoms with E-state index in [0.29, 0.717) is 16.7 Å². The number of hydrogen-bond acceptors (Lipinski definition) is 2. The van der Waals surface area contributed by atoms with Gasteiger partial charge in [0.25, 0.3) is 0 Å². The highest BCUT2D eigenvalue weighted by Gasteiger charge is 2.05. The molecule has 1 heterocycles. The molecule has 3 rings (SSSR count). The van der Waals surface area contributed by atoms with Crippen LogP contribution in [0, 0.1) is 0 Å². The molecule has 0 aliphatic carbocycles. The zero-order valence-electron chi connectivity index (χ0n) is 10.3. The lowest BCUT2D eigenvalue weighted by molar-refractivity contribution is 0.619. The van der Waals surface area contributed by atoms with Crippen LogP contribution in [0.3, 0.4) is 0 Å². The molecule has 3 aromatic rings. The van der Waals surface area contributed by atoms with Gasteiger partial charge in [0, 0.05) is 11.6 Å². The maximum absolute atomic E-state index is 12.0. The molecule has 19 heavy (non-hydrogen) atoms. The summed E-state index contributed by atoms with van der Waals surface area (Å²) in [5.41, 5.74) is 2.50. The zero-order chi connectivity index (χ0) is 13.2. The van der Waals surface area contributed by atoms with Gasteiger partial charge in [0.15, 0.2) is 5.43 Å². The molecule has 92 valence electrons. The second-order valence-corrected chi connectivity index (χ2v) is 4.30. The Morgan fingerprint density at radius 2 is 1.74 bits per heavy atom. The van der Waals surface area contributed by atoms with E-state index in [1.54, 1.807) is 18.2 Å². The third-order valence-electron chi connectivity index (χ3n) is 3.07. The molecule has 2 nitrogen and oxygen atoms in total. The second-order valence-electron chi connectivity index (χ2n) is 4.30. The molecule has 0 N–H and O–H groups in total. The van der Waals surface area contributed by atoms with E-state index < -0.39 is 0 Å². The van der Waals surface area contributed by atoms with Crippen LogP contribution >= 0.6 is 0 Å². The summed E-state index contributed by atoms with van der Waals surface area (Å²) >= 11 is 0. The highest BCUT2D eigenvalue weighted by Crippen LogP contribution is 2.22. The molecule has 0 fully saturated rings. The van der Waals surface area contributed by atoms with Crippen molar-refractivity contribution in [2.45, 2.75) is 0 Å². The van der Waals surface area contributed by atoms with Gasteiger partial charge in [-0.25, -0.2) is 0 Å². The minimum atomic E-state index is -0.0235. The average molecular weight is 248 g/mol. The molecule has 0 aliphatic heterocycles. The van der Waals surface area contributed by atoms with E-state index in [0.717, 1.165) is 11.1 Å². The quantitative estimate of drug-likeness (QED) is 0.683. The van der Waals surface area contributed by atoms with E-state index in [1.807, 2.05) is 36.4 Å². The predicted octanol–water partition coefficient (Wildman–Crippen LogP) is 4.10. The fourth-order valence-corrected chi connectivity index (χ4v) is 2.03. The van der Waals surface area contributed by atoms with Gasteiger partial charge in [0.05, 0.1) is 5.39 Å². The van der Waals surface area contributed by atoms with Crippen LogP contribution in [0.25, 0.3) is 28.4 Å². The summed E-state index contributed by atoms with van der Waals surface area (Å²) in [5, 5.41) is 0.606. The number of para-hydroxylation sites is 1. The van der Waals surface area contributed by atoms with Crippen molar-refractivity contribution in [1.29, 1.82) is 0 Å². The van der Waals surface area contributed by atoms with Crippen molar-refractivity contribution in [2.75, 3.05) is 0 Å². The molecule has 0 saturated carbocycles. The molecule has 0 bridgehead atoms. The van der Waals surface area contributed by atoms with Gasteiger partial charge in [0.2, 0.25) is 0 Å². The SMILES string of the molecule is C=Cc1ccc(-c2cc(=O)c3ccccc3o2)cc1. The van der Waals surface area contributed by atoms with E-state index in [1.165, 1.54) is 6.07 Å². The lowest BCUT2D eigenvalue weighted by Crippen LogP contribution is -1.99. The molecule has 0 spiro atoms. The van der Waals surface area contributed by atoms with Crippen molar-refractivity contribution < 1.29 is 4.42 Å². The highest BCUT2D eigenvalue weighted by molar-refractivity contribution is 5.78. The molecule has 0 amide bonds. The first-order chi connectivity index (χ1) is 9.28. The van der Waals surface area contributed by atoms with Crippen LogP contribution < -0.4 is 5.43 Å². The van der Waals surface area contributed by atoms with Gasteiger partial charge in [0.1, 0.15) is 11.3 Å². The first-order valence-corrected chi connectivity index (χ1v) is 6.04. The summed E-state index contributed by atoms with van der Waals surface area (Å²) in [6, 6.07) is 16.5. The Morgan fingerprint density at radius 3 is 2.47 bits per heavy atom. The van der Waals surface area contributed by atoms with E-state index in [4.69, 9.17) is 4.42 Å². The van der Waals surface area contributed by atoms with Crippen LogP contribution in [0.4, 0.5) is 0 Å². The van der Waals surface area contributed by atoms with Crippen molar-refractivity contribution in [3.63, 3.8) is 0 Å². The van der Waals surface area contributed by atoms with Gasteiger partial charge in [-0.15, -0.1) is 0 Å². The molecular formula is C17H12O2. The van der Waals surface area contributed by atoms with Crippen molar-refractivity contribution in [1.82, 2.24) is 0 Å². The van der Waals surface area contributed by atoms with Crippen LogP contribution in [-0.2, 0) is 0 Å². The highest BCUT2D eigenvalue weighted by atomic mass is 16.3. The largest absolute Gasteiger partial charge is 0.456 e. The topological polar surface area (TPSA) is 30.2 Å². The fraction of sp³-hybridized carbons (Fsp3) is 0. The average Bonchev–Trinajstić information content (AvgIpc) is 2.47. The Morgan fingerprint density at radius 1 is 1.00 bits per heavy atom. The predicted molar refractivity (Wildman–Crippen MR) is 78.0 cm³/mol. The molecule has 2 aromatic carbocycles. The third kappa shape index (κ3) is 2.08. The number of fused-ring (bicyclic) bond motifs is 1.